The molecule has 1 aliphatic heterocycles. The van der Waals surface area contributed by atoms with E-state index in [9.17, 15) is 2.74 Å². The first-order valence-electron chi connectivity index (χ1n) is 31.6. The SMILES string of the molecule is [2H]c1c([2H])c([2H])c(-c2cccc3c2-c2cccc(-c4ccc(C(C)(C)C)cc4)c2-[n+]2[c-]n(-c4[c-]c(Oc5[c-]c6c(cc5)c5ccccc5n6-c5cc(C(C)(C)C)ccn5)ccc4)c4cc(-c5ccc6oc7ccccc7c6c5)cc(c42)-c2ccccc2-3)c([2H])c1[2H].[Pt]. The maximum absolute atomic E-state index is 9.50. The molecule has 0 N–H and O–H groups in total. The number of fused-ring (bicyclic) bond motifs is 13. The first kappa shape index (κ1) is 48.4. The maximum atomic E-state index is 9.50. The molecule has 0 saturated carbocycles. The minimum Gasteiger partial charge on any atom is -0.510 e. The van der Waals surface area contributed by atoms with Crippen LogP contribution < -0.4 is 9.30 Å². The third-order valence-corrected chi connectivity index (χ3v) is 17.0. The second-order valence-electron chi connectivity index (χ2n) is 24.4. The van der Waals surface area contributed by atoms with Gasteiger partial charge in [-0.25, -0.2) is 4.98 Å². The van der Waals surface area contributed by atoms with Crippen molar-refractivity contribution >= 4 is 54.8 Å². The molecule has 422 valence electrons. The molecule has 4 aromatic heterocycles. The number of hydrogen-bond donors (Lipinski definition) is 0. The molecule has 0 atom stereocenters. The van der Waals surface area contributed by atoms with Gasteiger partial charge in [0.1, 0.15) is 17.0 Å². The topological polar surface area (TPSA) is 49.0 Å². The Balaban J connectivity index is 0.00000702. The average Bonchev–Trinajstić information content (AvgIpc) is 1.52. The van der Waals surface area contributed by atoms with Crippen LogP contribution in [0.1, 0.15) is 59.5 Å². The van der Waals surface area contributed by atoms with Crippen molar-refractivity contribution in [3.8, 4) is 95.5 Å². The van der Waals surface area contributed by atoms with Crippen LogP contribution in [0.5, 0.6) is 11.5 Å². The fraction of sp³-hybridized carbons (Fsp3) is 0.100. The van der Waals surface area contributed by atoms with Crippen molar-refractivity contribution in [1.82, 2.24) is 14.1 Å². The molecule has 16 rings (SSSR count). The molecule has 15 aromatic rings. The molecule has 0 radical (unpaired) electrons. The Morgan fingerprint density at radius 3 is 1.95 bits per heavy atom. The molecule has 1 aliphatic rings. The van der Waals surface area contributed by atoms with E-state index >= 15 is 0 Å². The van der Waals surface area contributed by atoms with Gasteiger partial charge in [0.25, 0.3) is 6.33 Å². The molecule has 0 fully saturated rings. The molecular formula is C80H58N4O2Pt-2. The van der Waals surface area contributed by atoms with E-state index in [4.69, 9.17) is 18.3 Å². The second kappa shape index (κ2) is 20.7. The molecule has 0 aliphatic carbocycles. The zero-order valence-corrected chi connectivity index (χ0v) is 50.9. The van der Waals surface area contributed by atoms with Crippen LogP contribution in [0.2, 0.25) is 0 Å². The van der Waals surface area contributed by atoms with Crippen molar-refractivity contribution in [2.45, 2.75) is 52.4 Å². The first-order chi connectivity index (χ1) is 44.0. The normalized spacial score (nSPS) is 13.0. The van der Waals surface area contributed by atoms with Crippen molar-refractivity contribution in [1.29, 1.82) is 0 Å². The van der Waals surface area contributed by atoms with Crippen LogP contribution >= 0.6 is 0 Å². The number of nitrogens with zero attached hydrogens (tertiary/aromatic N) is 4. The molecule has 11 aromatic carbocycles. The van der Waals surface area contributed by atoms with E-state index in [2.05, 4.69) is 213 Å². The van der Waals surface area contributed by atoms with Crippen LogP contribution in [0.15, 0.2) is 247 Å². The second-order valence-corrected chi connectivity index (χ2v) is 24.4. The summed E-state index contributed by atoms with van der Waals surface area (Å²) in [5, 5.41) is 4.13. The van der Waals surface area contributed by atoms with Crippen LogP contribution in [0.4, 0.5) is 0 Å². The molecule has 87 heavy (non-hydrogen) atoms. The quantitative estimate of drug-likeness (QED) is 0.118. The Kier molecular flexibility index (Phi) is 11.5. The molecule has 0 amide bonds. The Labute approximate surface area is 527 Å². The number of rotatable bonds is 7. The number of furan rings is 1. The number of aromatic nitrogens is 4. The fourth-order valence-corrected chi connectivity index (χ4v) is 12.8. The van der Waals surface area contributed by atoms with Gasteiger partial charge in [0, 0.05) is 55.1 Å². The molecule has 0 saturated heterocycles. The summed E-state index contributed by atoms with van der Waals surface area (Å²) >= 11 is 0. The minimum absolute atomic E-state index is 0. The number of para-hydroxylation sites is 3. The first-order valence-corrected chi connectivity index (χ1v) is 29.1. The summed E-state index contributed by atoms with van der Waals surface area (Å²) in [5.74, 6) is 1.76. The molecule has 0 unspecified atom stereocenters. The molecular weight excluding hydrogens is 1240 g/mol. The molecule has 0 bridgehead atoms. The van der Waals surface area contributed by atoms with Crippen molar-refractivity contribution < 1.29 is 41.6 Å². The van der Waals surface area contributed by atoms with Crippen LogP contribution in [0.25, 0.3) is 139 Å². The van der Waals surface area contributed by atoms with Gasteiger partial charge in [0.2, 0.25) is 0 Å². The van der Waals surface area contributed by atoms with Crippen LogP contribution in [0, 0.1) is 18.5 Å². The molecule has 6 nitrogen and oxygen atoms in total. The van der Waals surface area contributed by atoms with E-state index in [1.165, 1.54) is 11.1 Å². The summed E-state index contributed by atoms with van der Waals surface area (Å²) in [7, 11) is 0. The Bertz CT molecular complexity index is 5530. The summed E-state index contributed by atoms with van der Waals surface area (Å²) in [4.78, 5) is 4.92. The third kappa shape index (κ3) is 9.04. The number of hydrogen-bond acceptors (Lipinski definition) is 3. The van der Waals surface area contributed by atoms with Gasteiger partial charge in [-0.1, -0.05) is 211 Å². The zero-order valence-electron chi connectivity index (χ0n) is 53.6. The van der Waals surface area contributed by atoms with E-state index in [0.717, 1.165) is 116 Å². The summed E-state index contributed by atoms with van der Waals surface area (Å²) in [6, 6.07) is 76.4. The number of imidazole rings is 1. The maximum Gasteiger partial charge on any atom is 0.268 e. The number of pyridine rings is 1. The van der Waals surface area contributed by atoms with Crippen LogP contribution in [0.3, 0.4) is 0 Å². The van der Waals surface area contributed by atoms with E-state index in [1.54, 1.807) is 0 Å². The number of benzene rings is 11. The van der Waals surface area contributed by atoms with Gasteiger partial charge in [0.15, 0.2) is 0 Å². The van der Waals surface area contributed by atoms with Gasteiger partial charge in [0.05, 0.1) is 23.6 Å². The average molecular weight is 1310 g/mol. The summed E-state index contributed by atoms with van der Waals surface area (Å²) < 4.78 is 65.3. The van der Waals surface area contributed by atoms with Crippen LogP contribution in [-0.2, 0) is 31.9 Å². The van der Waals surface area contributed by atoms with Gasteiger partial charge in [-0.05, 0) is 142 Å². The van der Waals surface area contributed by atoms with E-state index in [0.29, 0.717) is 28.3 Å². The fourth-order valence-electron chi connectivity index (χ4n) is 12.8. The summed E-state index contributed by atoms with van der Waals surface area (Å²) in [5.41, 5.74) is 18.1. The standard InChI is InChI=1S/C80H58N4O2.Pt/c1-79(2,3)54-36-33-51(34-37-54)60-28-18-30-67-76-59(50-19-8-7-9-20-50)27-17-29-66(76)61-23-10-11-24-62(61)69-44-53(52-35-40-74-68(43-52)65-26-13-15-32-73(65)86-74)45-72-78(69)83(77(60)67)49-82(72)56-21-16-22-57(47-56)85-58-38-39-64-63-25-12-14-31-70(63)84(71(64)48-58)75-46-55(41-42-81-75)80(4,5)6;/h7-46H,1-6H3;/q-2;/i7D,8D,9D,19D,20D;. The van der Waals surface area contributed by atoms with E-state index < -0.39 is 18.1 Å². The Morgan fingerprint density at radius 2 is 1.15 bits per heavy atom. The third-order valence-electron chi connectivity index (χ3n) is 17.0. The molecule has 5 heterocycles. The van der Waals surface area contributed by atoms with Crippen molar-refractivity contribution in [2.24, 2.45) is 0 Å². The van der Waals surface area contributed by atoms with Crippen molar-refractivity contribution in [3.05, 3.63) is 272 Å². The van der Waals surface area contributed by atoms with Gasteiger partial charge < -0.3 is 18.3 Å². The minimum atomic E-state index is -0.453. The van der Waals surface area contributed by atoms with Gasteiger partial charge in [-0.3, -0.25) is 4.57 Å². The van der Waals surface area contributed by atoms with E-state index in [1.807, 2.05) is 72.9 Å². The summed E-state index contributed by atoms with van der Waals surface area (Å²) in [6.07, 6.45) is 5.85. The predicted molar refractivity (Wildman–Crippen MR) is 351 cm³/mol. The largest absolute Gasteiger partial charge is 0.510 e. The molecule has 7 heteroatoms. The Hall–Kier alpha value is -9.87. The van der Waals surface area contributed by atoms with Gasteiger partial charge in [-0.15, -0.1) is 29.7 Å². The van der Waals surface area contributed by atoms with Crippen LogP contribution in [-0.4, -0.2) is 14.1 Å². The Morgan fingerprint density at radius 1 is 0.483 bits per heavy atom. The van der Waals surface area contributed by atoms with E-state index in [-0.39, 0.29) is 49.5 Å². The molecule has 0 spiro atoms. The summed E-state index contributed by atoms with van der Waals surface area (Å²) in [6.45, 7) is 13.3. The monoisotopic (exact) mass is 1310 g/mol. The zero-order chi connectivity index (χ0) is 62.4. The number of ether oxygens (including phenoxy) is 1. The van der Waals surface area contributed by atoms with Gasteiger partial charge in [-0.2, -0.15) is 18.2 Å². The predicted octanol–water partition coefficient (Wildman–Crippen LogP) is 20.4. The smallest absolute Gasteiger partial charge is 0.268 e. The van der Waals surface area contributed by atoms with Gasteiger partial charge >= 0.3 is 0 Å². The van der Waals surface area contributed by atoms with Crippen molar-refractivity contribution in [2.75, 3.05) is 0 Å². The van der Waals surface area contributed by atoms with Crippen molar-refractivity contribution in [3.63, 3.8) is 0 Å².